The highest BCUT2D eigenvalue weighted by Crippen LogP contribution is 2.13. The van der Waals surface area contributed by atoms with Crippen molar-refractivity contribution in [2.45, 2.75) is 12.5 Å². The van der Waals surface area contributed by atoms with Crippen molar-refractivity contribution in [2.24, 2.45) is 0 Å². The van der Waals surface area contributed by atoms with Crippen molar-refractivity contribution in [3.63, 3.8) is 0 Å². The van der Waals surface area contributed by atoms with Crippen LogP contribution >= 0.6 is 11.6 Å². The van der Waals surface area contributed by atoms with Crippen LogP contribution in [0.4, 0.5) is 0 Å². The Morgan fingerprint density at radius 1 is 1.64 bits per heavy atom. The van der Waals surface area contributed by atoms with Crippen LogP contribution in [-0.2, 0) is 11.2 Å². The molecular weight excluding hydrogens is 200 g/mol. The molecule has 0 aromatic carbocycles. The molecule has 0 aliphatic carbocycles. The Balaban J connectivity index is 2.62. The van der Waals surface area contributed by atoms with Crippen LogP contribution in [-0.4, -0.2) is 31.8 Å². The Bertz CT molecular complexity index is 281. The number of hydrogen-bond acceptors (Lipinski definition) is 3. The van der Waals surface area contributed by atoms with Crippen LogP contribution in [0.3, 0.4) is 0 Å². The van der Waals surface area contributed by atoms with Crippen molar-refractivity contribution in [2.75, 3.05) is 20.8 Å². The van der Waals surface area contributed by atoms with Crippen LogP contribution < -0.4 is 5.32 Å². The van der Waals surface area contributed by atoms with Gasteiger partial charge in [-0.1, -0.05) is 11.6 Å². The van der Waals surface area contributed by atoms with Gasteiger partial charge in [-0.05, 0) is 19.2 Å². The molecule has 0 bridgehead atoms. The van der Waals surface area contributed by atoms with Gasteiger partial charge in [-0.15, -0.1) is 0 Å². The summed E-state index contributed by atoms with van der Waals surface area (Å²) in [4.78, 5) is 4.22. The summed E-state index contributed by atoms with van der Waals surface area (Å²) in [5, 5.41) is 3.87. The van der Waals surface area contributed by atoms with E-state index in [0.717, 1.165) is 12.1 Å². The smallest absolute Gasteiger partial charge is 0.0622 e. The van der Waals surface area contributed by atoms with Crippen molar-refractivity contribution in [1.29, 1.82) is 0 Å². The third-order valence-electron chi connectivity index (χ3n) is 2.05. The zero-order valence-corrected chi connectivity index (χ0v) is 9.21. The van der Waals surface area contributed by atoms with E-state index in [9.17, 15) is 0 Å². The predicted octanol–water partition coefficient (Wildman–Crippen LogP) is 1.51. The number of nitrogens with zero attached hydrogens (tertiary/aromatic N) is 1. The molecule has 0 saturated heterocycles. The van der Waals surface area contributed by atoms with Crippen molar-refractivity contribution in [3.05, 3.63) is 29.0 Å². The summed E-state index contributed by atoms with van der Waals surface area (Å²) >= 11 is 5.99. The van der Waals surface area contributed by atoms with Crippen molar-refractivity contribution < 1.29 is 4.74 Å². The average molecular weight is 215 g/mol. The third kappa shape index (κ3) is 3.25. The maximum absolute atomic E-state index is 5.99. The van der Waals surface area contributed by atoms with Crippen molar-refractivity contribution in [3.8, 4) is 0 Å². The Labute approximate surface area is 89.4 Å². The Hall–Kier alpha value is -0.640. The van der Waals surface area contributed by atoms with Gasteiger partial charge in [-0.25, -0.2) is 0 Å². The van der Waals surface area contributed by atoms with E-state index >= 15 is 0 Å². The minimum absolute atomic E-state index is 0.257. The van der Waals surface area contributed by atoms with Gasteiger partial charge in [0.1, 0.15) is 0 Å². The first-order valence-electron chi connectivity index (χ1n) is 4.53. The summed E-state index contributed by atoms with van der Waals surface area (Å²) in [5.41, 5.74) is 0.908. The van der Waals surface area contributed by atoms with Crippen LogP contribution in [0.5, 0.6) is 0 Å². The average Bonchev–Trinajstić information content (AvgIpc) is 2.20. The summed E-state index contributed by atoms with van der Waals surface area (Å²) in [6, 6.07) is 3.94. The molecule has 0 saturated carbocycles. The van der Waals surface area contributed by atoms with E-state index in [0.29, 0.717) is 11.6 Å². The SMILES string of the molecule is CNC(COC)Cc1ncccc1Cl. The topological polar surface area (TPSA) is 34.1 Å². The van der Waals surface area contributed by atoms with E-state index in [1.165, 1.54) is 0 Å². The number of halogens is 1. The number of rotatable bonds is 5. The predicted molar refractivity (Wildman–Crippen MR) is 57.7 cm³/mol. The maximum Gasteiger partial charge on any atom is 0.0622 e. The Kier molecular flexibility index (Phi) is 4.87. The second-order valence-electron chi connectivity index (χ2n) is 3.08. The van der Waals surface area contributed by atoms with Crippen LogP contribution in [0.15, 0.2) is 18.3 Å². The van der Waals surface area contributed by atoms with Crippen molar-refractivity contribution in [1.82, 2.24) is 10.3 Å². The van der Waals surface area contributed by atoms with E-state index in [-0.39, 0.29) is 6.04 Å². The molecule has 0 aliphatic rings. The number of likely N-dealkylation sites (N-methyl/N-ethyl adjacent to an activating group) is 1. The second kappa shape index (κ2) is 5.96. The van der Waals surface area contributed by atoms with E-state index in [1.54, 1.807) is 13.3 Å². The molecule has 1 aromatic rings. The van der Waals surface area contributed by atoms with E-state index in [4.69, 9.17) is 16.3 Å². The molecule has 1 rings (SSSR count). The fourth-order valence-electron chi connectivity index (χ4n) is 1.25. The normalized spacial score (nSPS) is 12.8. The molecule has 3 nitrogen and oxygen atoms in total. The van der Waals surface area contributed by atoms with E-state index in [1.807, 2.05) is 19.2 Å². The van der Waals surface area contributed by atoms with Gasteiger partial charge in [-0.2, -0.15) is 0 Å². The number of pyridine rings is 1. The monoisotopic (exact) mass is 214 g/mol. The molecule has 0 amide bonds. The van der Waals surface area contributed by atoms with Gasteiger partial charge in [0.2, 0.25) is 0 Å². The standard InChI is InChI=1S/C10H15ClN2O/c1-12-8(7-14-2)6-10-9(11)4-3-5-13-10/h3-5,8,12H,6-7H2,1-2H3. The zero-order valence-electron chi connectivity index (χ0n) is 8.46. The molecule has 1 N–H and O–H groups in total. The largest absolute Gasteiger partial charge is 0.383 e. The lowest BCUT2D eigenvalue weighted by molar-refractivity contribution is 0.169. The summed E-state index contributed by atoms with van der Waals surface area (Å²) in [6.07, 6.45) is 2.53. The molecule has 1 heterocycles. The lowest BCUT2D eigenvalue weighted by Gasteiger charge is -2.14. The molecule has 1 atom stereocenters. The first-order chi connectivity index (χ1) is 6.77. The molecule has 1 unspecified atom stereocenters. The van der Waals surface area contributed by atoms with Gasteiger partial charge in [0.05, 0.1) is 17.3 Å². The van der Waals surface area contributed by atoms with Gasteiger partial charge < -0.3 is 10.1 Å². The molecule has 0 spiro atoms. The minimum Gasteiger partial charge on any atom is -0.383 e. The summed E-state index contributed by atoms with van der Waals surface area (Å²) in [5.74, 6) is 0. The Morgan fingerprint density at radius 2 is 2.43 bits per heavy atom. The van der Waals surface area contributed by atoms with Gasteiger partial charge in [0.15, 0.2) is 0 Å². The zero-order chi connectivity index (χ0) is 10.4. The van der Waals surface area contributed by atoms with E-state index < -0.39 is 0 Å². The summed E-state index contributed by atoms with van der Waals surface area (Å²) in [6.45, 7) is 0.656. The summed E-state index contributed by atoms with van der Waals surface area (Å²) < 4.78 is 5.07. The Morgan fingerprint density at radius 3 is 3.00 bits per heavy atom. The van der Waals surface area contributed by atoms with Crippen molar-refractivity contribution >= 4 is 11.6 Å². The molecule has 0 radical (unpaired) electrons. The fraction of sp³-hybridized carbons (Fsp3) is 0.500. The minimum atomic E-state index is 0.257. The summed E-state index contributed by atoms with van der Waals surface area (Å²) in [7, 11) is 3.59. The van der Waals surface area contributed by atoms with Gasteiger partial charge in [0.25, 0.3) is 0 Å². The molecule has 0 fully saturated rings. The number of methoxy groups -OCH3 is 1. The van der Waals surface area contributed by atoms with Crippen LogP contribution in [0.25, 0.3) is 0 Å². The molecule has 14 heavy (non-hydrogen) atoms. The van der Waals surface area contributed by atoms with E-state index in [2.05, 4.69) is 10.3 Å². The van der Waals surface area contributed by atoms with Gasteiger partial charge in [0, 0.05) is 25.8 Å². The fourth-order valence-corrected chi connectivity index (χ4v) is 1.45. The quantitative estimate of drug-likeness (QED) is 0.807. The number of aromatic nitrogens is 1. The van der Waals surface area contributed by atoms with Gasteiger partial charge >= 0.3 is 0 Å². The van der Waals surface area contributed by atoms with Crippen LogP contribution in [0.2, 0.25) is 5.02 Å². The van der Waals surface area contributed by atoms with Crippen LogP contribution in [0.1, 0.15) is 5.69 Å². The molecule has 78 valence electrons. The molecule has 4 heteroatoms. The lowest BCUT2D eigenvalue weighted by Crippen LogP contribution is -2.32. The number of nitrogens with one attached hydrogen (secondary N) is 1. The maximum atomic E-state index is 5.99. The highest BCUT2D eigenvalue weighted by atomic mass is 35.5. The van der Waals surface area contributed by atoms with Crippen LogP contribution in [0, 0.1) is 0 Å². The highest BCUT2D eigenvalue weighted by molar-refractivity contribution is 6.31. The first kappa shape index (κ1) is 11.4. The number of hydrogen-bond donors (Lipinski definition) is 1. The molecule has 1 aromatic heterocycles. The molecule has 0 aliphatic heterocycles. The third-order valence-corrected chi connectivity index (χ3v) is 2.39. The second-order valence-corrected chi connectivity index (χ2v) is 3.48. The molecular formula is C10H15ClN2O. The van der Waals surface area contributed by atoms with Gasteiger partial charge in [-0.3, -0.25) is 4.98 Å². The highest BCUT2D eigenvalue weighted by Gasteiger charge is 2.09. The first-order valence-corrected chi connectivity index (χ1v) is 4.91. The number of ether oxygens (including phenoxy) is 1. The lowest BCUT2D eigenvalue weighted by atomic mass is 10.1.